The van der Waals surface area contributed by atoms with E-state index in [1.807, 2.05) is 26.8 Å². The number of nitrogens with two attached hydrogens (primary N) is 1. The highest BCUT2D eigenvalue weighted by Gasteiger charge is 2.29. The molecule has 0 bridgehead atoms. The predicted octanol–water partition coefficient (Wildman–Crippen LogP) is 5.96. The van der Waals surface area contributed by atoms with Crippen molar-refractivity contribution < 1.29 is 31.5 Å². The van der Waals surface area contributed by atoms with Gasteiger partial charge in [0.05, 0.1) is 17.5 Å². The minimum Gasteiger partial charge on any atom is -0.438 e. The van der Waals surface area contributed by atoms with Gasteiger partial charge in [0.15, 0.2) is 0 Å². The Kier molecular flexibility index (Phi) is 12.9. The monoisotopic (exact) mass is 694 g/mol. The molecule has 3 aromatic rings. The summed E-state index contributed by atoms with van der Waals surface area (Å²) >= 11 is 0. The van der Waals surface area contributed by atoms with Gasteiger partial charge in [0.1, 0.15) is 17.4 Å². The fourth-order valence-corrected chi connectivity index (χ4v) is 6.05. The molecule has 0 atom stereocenters. The van der Waals surface area contributed by atoms with Gasteiger partial charge in [-0.1, -0.05) is 19.4 Å². The molecule has 47 heavy (non-hydrogen) atoms. The molecule has 0 saturated carbocycles. The van der Waals surface area contributed by atoms with E-state index in [4.69, 9.17) is 10.5 Å². The number of unbranched alkanes of at least 4 members (excludes halogenated alkanes) is 1. The van der Waals surface area contributed by atoms with Crippen LogP contribution in [0.15, 0.2) is 42.6 Å². The molecule has 1 fully saturated rings. The summed E-state index contributed by atoms with van der Waals surface area (Å²) in [5, 5.41) is 2.51. The number of pyridine rings is 1. The van der Waals surface area contributed by atoms with Crippen LogP contribution >= 0.6 is 12.4 Å². The molecule has 0 spiro atoms. The Morgan fingerprint density at radius 2 is 1.74 bits per heavy atom. The highest BCUT2D eigenvalue weighted by Crippen LogP contribution is 2.31. The van der Waals surface area contributed by atoms with Crippen molar-refractivity contribution in [3.05, 3.63) is 76.5 Å². The van der Waals surface area contributed by atoms with E-state index in [9.17, 15) is 26.8 Å². The Bertz CT molecular complexity index is 1660. The van der Waals surface area contributed by atoms with Gasteiger partial charge in [-0.15, -0.1) is 12.4 Å². The molecular weight excluding hydrogens is 654 g/mol. The number of ether oxygens (including phenoxy) is 1. The Morgan fingerprint density at radius 1 is 1.09 bits per heavy atom. The van der Waals surface area contributed by atoms with Gasteiger partial charge in [0, 0.05) is 56.2 Å². The number of nitrogens with one attached hydrogen (secondary N) is 2. The van der Waals surface area contributed by atoms with Crippen LogP contribution in [0.25, 0.3) is 0 Å². The molecule has 3 amide bonds. The first-order chi connectivity index (χ1) is 21.7. The summed E-state index contributed by atoms with van der Waals surface area (Å²) in [6, 6.07) is 8.01. The van der Waals surface area contributed by atoms with Crippen LogP contribution in [0.3, 0.4) is 0 Å². The predicted molar refractivity (Wildman–Crippen MR) is 180 cm³/mol. The van der Waals surface area contributed by atoms with E-state index in [1.54, 1.807) is 29.3 Å². The maximum Gasteiger partial charge on any atom is 0.322 e. The van der Waals surface area contributed by atoms with Crippen LogP contribution in [-0.4, -0.2) is 67.1 Å². The molecule has 1 aromatic heterocycles. The van der Waals surface area contributed by atoms with Crippen molar-refractivity contribution in [2.75, 3.05) is 35.9 Å². The number of halogens is 3. The van der Waals surface area contributed by atoms with E-state index < -0.39 is 39.2 Å². The third kappa shape index (κ3) is 10.2. The second-order valence-electron chi connectivity index (χ2n) is 11.6. The largest absolute Gasteiger partial charge is 0.438 e. The SMILES string of the molecule is CCCCN(C(=O)Nc1cc(C(N)=O)c(F)cc1F)C1CCN(Cc2ccc(Oc3c(C)cc(NS(C)(=O)=O)cc3C)nc2)CC1.Cl. The van der Waals surface area contributed by atoms with Crippen molar-refractivity contribution in [1.82, 2.24) is 14.8 Å². The van der Waals surface area contributed by atoms with Crippen molar-refractivity contribution in [2.24, 2.45) is 5.73 Å². The van der Waals surface area contributed by atoms with Crippen LogP contribution in [-0.2, 0) is 16.6 Å². The quantitative estimate of drug-likeness (QED) is 0.212. The molecule has 0 aliphatic carbocycles. The van der Waals surface area contributed by atoms with E-state index in [0.29, 0.717) is 49.3 Å². The molecule has 1 saturated heterocycles. The van der Waals surface area contributed by atoms with Crippen molar-refractivity contribution in [1.29, 1.82) is 0 Å². The highest BCUT2D eigenvalue weighted by atomic mass is 35.5. The third-order valence-corrected chi connectivity index (χ3v) is 8.36. The van der Waals surface area contributed by atoms with Gasteiger partial charge in [-0.2, -0.15) is 0 Å². The number of carbonyl (C=O) groups excluding carboxylic acids is 2. The van der Waals surface area contributed by atoms with E-state index in [1.165, 1.54) is 0 Å². The second-order valence-corrected chi connectivity index (χ2v) is 13.3. The molecule has 4 rings (SSSR count). The first-order valence-corrected chi connectivity index (χ1v) is 16.9. The summed E-state index contributed by atoms with van der Waals surface area (Å²) < 4.78 is 60.0. The standard InChI is InChI=1S/C32H40F2N6O5S.ClH/c1-5-6-11-40(32(42)37-28-16-25(31(35)41)26(33)17-27(28)34)24-9-12-39(13-10-24)19-22-7-8-29(36-18-22)45-30-20(2)14-23(15-21(30)3)38-46(4,43)44;/h7-8,14-18,24,38H,5-6,9-13,19H2,1-4H3,(H2,35,41)(H,37,42);1H. The van der Waals surface area contributed by atoms with E-state index in [2.05, 4.69) is 19.9 Å². The minimum absolute atomic E-state index is 0. The van der Waals surface area contributed by atoms with Gasteiger partial charge < -0.3 is 20.7 Å². The second kappa shape index (κ2) is 16.2. The van der Waals surface area contributed by atoms with Crippen LogP contribution in [0.2, 0.25) is 0 Å². The Hall–Kier alpha value is -4.01. The summed E-state index contributed by atoms with van der Waals surface area (Å²) in [6.45, 7) is 8.26. The zero-order valence-electron chi connectivity index (χ0n) is 26.8. The van der Waals surface area contributed by atoms with Gasteiger partial charge in [-0.25, -0.2) is 27.0 Å². The lowest BCUT2D eigenvalue weighted by atomic mass is 10.0. The lowest BCUT2D eigenvalue weighted by Gasteiger charge is -2.38. The average Bonchev–Trinajstić information content (AvgIpc) is 2.97. The number of benzene rings is 2. The number of urea groups is 1. The smallest absolute Gasteiger partial charge is 0.322 e. The van der Waals surface area contributed by atoms with E-state index >= 15 is 0 Å². The van der Waals surface area contributed by atoms with Crippen LogP contribution in [0.4, 0.5) is 25.0 Å². The number of anilines is 2. The number of nitrogens with zero attached hydrogens (tertiary/aromatic N) is 3. The number of rotatable bonds is 12. The van der Waals surface area contributed by atoms with Gasteiger partial charge in [0.2, 0.25) is 15.9 Å². The first kappa shape index (κ1) is 37.4. The molecular formula is C32H41ClF2N6O5S. The maximum absolute atomic E-state index is 14.4. The fourth-order valence-electron chi connectivity index (χ4n) is 5.50. The van der Waals surface area contributed by atoms with Crippen molar-refractivity contribution in [2.45, 2.75) is 59.0 Å². The summed E-state index contributed by atoms with van der Waals surface area (Å²) in [5.74, 6) is -2.11. The van der Waals surface area contributed by atoms with Gasteiger partial charge in [-0.3, -0.25) is 14.4 Å². The summed E-state index contributed by atoms with van der Waals surface area (Å²) in [5.41, 5.74) is 7.37. The Balaban J connectivity index is 0.00000600. The molecule has 0 unspecified atom stereocenters. The Labute approximate surface area is 280 Å². The van der Waals surface area contributed by atoms with E-state index in [0.717, 1.165) is 54.9 Å². The van der Waals surface area contributed by atoms with Crippen LogP contribution in [0.5, 0.6) is 11.6 Å². The number of primary amides is 1. The van der Waals surface area contributed by atoms with Crippen molar-refractivity contribution >= 4 is 45.7 Å². The lowest BCUT2D eigenvalue weighted by Crippen LogP contribution is -2.49. The number of likely N-dealkylation sites (tertiary alicyclic amines) is 1. The third-order valence-electron chi connectivity index (χ3n) is 7.75. The first-order valence-electron chi connectivity index (χ1n) is 15.0. The molecule has 2 aromatic carbocycles. The summed E-state index contributed by atoms with van der Waals surface area (Å²) in [7, 11) is -3.40. The van der Waals surface area contributed by atoms with Crippen LogP contribution < -0.4 is 20.5 Å². The molecule has 256 valence electrons. The van der Waals surface area contributed by atoms with Crippen molar-refractivity contribution in [3.8, 4) is 11.6 Å². The number of aromatic nitrogens is 1. The zero-order valence-corrected chi connectivity index (χ0v) is 28.4. The minimum atomic E-state index is -3.40. The topological polar surface area (TPSA) is 147 Å². The zero-order chi connectivity index (χ0) is 33.6. The molecule has 1 aliphatic rings. The average molecular weight is 695 g/mol. The normalized spacial score (nSPS) is 13.8. The molecule has 0 radical (unpaired) electrons. The Morgan fingerprint density at radius 3 is 2.30 bits per heavy atom. The number of aryl methyl sites for hydroxylation is 2. The molecule has 1 aliphatic heterocycles. The summed E-state index contributed by atoms with van der Waals surface area (Å²) in [4.78, 5) is 33.2. The summed E-state index contributed by atoms with van der Waals surface area (Å²) in [6.07, 6.45) is 5.87. The molecule has 4 N–H and O–H groups in total. The van der Waals surface area contributed by atoms with Gasteiger partial charge in [0.25, 0.3) is 5.91 Å². The number of carbonyl (C=O) groups is 2. The van der Waals surface area contributed by atoms with E-state index in [-0.39, 0.29) is 24.1 Å². The highest BCUT2D eigenvalue weighted by molar-refractivity contribution is 7.92. The van der Waals surface area contributed by atoms with Crippen LogP contribution in [0, 0.1) is 25.5 Å². The maximum atomic E-state index is 14.4. The fraction of sp³-hybridized carbons (Fsp3) is 0.406. The number of amides is 3. The number of hydrogen-bond donors (Lipinski definition) is 3. The molecule has 15 heteroatoms. The molecule has 2 heterocycles. The lowest BCUT2D eigenvalue weighted by molar-refractivity contribution is 0.0996. The van der Waals surface area contributed by atoms with Crippen LogP contribution in [0.1, 0.15) is 59.7 Å². The number of hydrogen-bond acceptors (Lipinski definition) is 7. The molecule has 11 nitrogen and oxygen atoms in total. The van der Waals surface area contributed by atoms with Gasteiger partial charge in [-0.05, 0) is 68.0 Å². The number of sulfonamides is 1. The van der Waals surface area contributed by atoms with Crippen molar-refractivity contribution in [3.63, 3.8) is 0 Å². The van der Waals surface area contributed by atoms with Gasteiger partial charge >= 0.3 is 6.03 Å². The number of piperidine rings is 1.